The van der Waals surface area contributed by atoms with Crippen LogP contribution in [0.1, 0.15) is 26.3 Å². The number of rotatable bonds is 4. The maximum absolute atomic E-state index is 11.7. The molecular weight excluding hydrogens is 226 g/mol. The summed E-state index contributed by atoms with van der Waals surface area (Å²) in [7, 11) is 1.62. The van der Waals surface area contributed by atoms with Gasteiger partial charge in [0.2, 0.25) is 0 Å². The fraction of sp³-hybridized carbons (Fsp3) is 0.400. The van der Waals surface area contributed by atoms with Crippen LogP contribution in [-0.2, 0) is 4.79 Å². The zero-order chi connectivity index (χ0) is 13.8. The number of allylic oxidation sites excluding steroid dienone is 1. The van der Waals surface area contributed by atoms with Gasteiger partial charge in [0.1, 0.15) is 5.75 Å². The van der Waals surface area contributed by atoms with Crippen LogP contribution in [0.3, 0.4) is 0 Å². The standard InChI is InChI=1S/C15H21NO2/c1-11-6-7-13(18-5)12(10-11)16-9-8-14(17)15(2,3)4/h6-10,16H,1-5H3/b9-8+. The largest absolute Gasteiger partial charge is 0.495 e. The second kappa shape index (κ2) is 5.71. The molecule has 1 rings (SSSR count). The van der Waals surface area contributed by atoms with E-state index >= 15 is 0 Å². The molecule has 0 saturated carbocycles. The molecule has 0 amide bonds. The number of methoxy groups -OCH3 is 1. The molecule has 1 N–H and O–H groups in total. The van der Waals surface area contributed by atoms with Crippen molar-refractivity contribution < 1.29 is 9.53 Å². The monoisotopic (exact) mass is 247 g/mol. The van der Waals surface area contributed by atoms with Gasteiger partial charge in [-0.05, 0) is 30.7 Å². The molecule has 1 aromatic carbocycles. The molecule has 1 aromatic rings. The first kappa shape index (κ1) is 14.3. The number of ketones is 1. The molecule has 0 aliphatic rings. The van der Waals surface area contributed by atoms with Crippen LogP contribution in [-0.4, -0.2) is 12.9 Å². The number of carbonyl (C=O) groups excluding carboxylic acids is 1. The van der Waals surface area contributed by atoms with Crippen LogP contribution in [0.25, 0.3) is 0 Å². The van der Waals surface area contributed by atoms with Gasteiger partial charge in [0.05, 0.1) is 12.8 Å². The summed E-state index contributed by atoms with van der Waals surface area (Å²) in [6.45, 7) is 7.70. The Balaban J connectivity index is 2.77. The summed E-state index contributed by atoms with van der Waals surface area (Å²) < 4.78 is 5.24. The second-order valence-electron chi connectivity index (χ2n) is 5.30. The Morgan fingerprint density at radius 1 is 1.33 bits per heavy atom. The lowest BCUT2D eigenvalue weighted by Crippen LogP contribution is -2.17. The topological polar surface area (TPSA) is 38.3 Å². The van der Waals surface area contributed by atoms with Crippen molar-refractivity contribution in [3.8, 4) is 5.75 Å². The Labute approximate surface area is 109 Å². The Morgan fingerprint density at radius 3 is 2.56 bits per heavy atom. The predicted octanol–water partition coefficient (Wildman–Crippen LogP) is 3.54. The third-order valence-corrected chi connectivity index (χ3v) is 2.57. The van der Waals surface area contributed by atoms with Gasteiger partial charge in [-0.2, -0.15) is 0 Å². The first-order valence-electron chi connectivity index (χ1n) is 5.97. The van der Waals surface area contributed by atoms with Gasteiger partial charge in [0.25, 0.3) is 0 Å². The van der Waals surface area contributed by atoms with E-state index in [1.165, 1.54) is 0 Å². The van der Waals surface area contributed by atoms with E-state index in [0.717, 1.165) is 17.0 Å². The number of hydrogen-bond donors (Lipinski definition) is 1. The Hall–Kier alpha value is -1.77. The van der Waals surface area contributed by atoms with E-state index in [0.29, 0.717) is 0 Å². The van der Waals surface area contributed by atoms with E-state index in [2.05, 4.69) is 5.32 Å². The Morgan fingerprint density at radius 2 is 2.00 bits per heavy atom. The summed E-state index contributed by atoms with van der Waals surface area (Å²) >= 11 is 0. The average Bonchev–Trinajstić information content (AvgIpc) is 2.28. The molecule has 0 bridgehead atoms. The van der Waals surface area contributed by atoms with Crippen LogP contribution in [0.15, 0.2) is 30.5 Å². The van der Waals surface area contributed by atoms with Crippen LogP contribution in [0.4, 0.5) is 5.69 Å². The van der Waals surface area contributed by atoms with E-state index in [4.69, 9.17) is 4.74 Å². The van der Waals surface area contributed by atoms with Crippen molar-refractivity contribution in [3.63, 3.8) is 0 Å². The third-order valence-electron chi connectivity index (χ3n) is 2.57. The molecule has 3 heteroatoms. The van der Waals surface area contributed by atoms with E-state index < -0.39 is 0 Å². The van der Waals surface area contributed by atoms with Crippen molar-refractivity contribution >= 4 is 11.5 Å². The van der Waals surface area contributed by atoms with Crippen LogP contribution in [0, 0.1) is 12.3 Å². The number of aryl methyl sites for hydroxylation is 1. The molecule has 0 fully saturated rings. The fourth-order valence-electron chi connectivity index (χ4n) is 1.39. The summed E-state index contributed by atoms with van der Waals surface area (Å²) in [5, 5.41) is 3.08. The normalized spacial score (nSPS) is 11.6. The summed E-state index contributed by atoms with van der Waals surface area (Å²) in [6, 6.07) is 5.86. The zero-order valence-corrected chi connectivity index (χ0v) is 11.7. The van der Waals surface area contributed by atoms with E-state index in [-0.39, 0.29) is 11.2 Å². The van der Waals surface area contributed by atoms with E-state index in [9.17, 15) is 4.79 Å². The van der Waals surface area contributed by atoms with Gasteiger partial charge < -0.3 is 10.1 Å². The van der Waals surface area contributed by atoms with Crippen molar-refractivity contribution in [3.05, 3.63) is 36.0 Å². The first-order chi connectivity index (χ1) is 8.34. The Kier molecular flexibility index (Phi) is 4.54. The lowest BCUT2D eigenvalue weighted by molar-refractivity contribution is -0.121. The Bertz CT molecular complexity index is 456. The van der Waals surface area contributed by atoms with Crippen molar-refractivity contribution in [2.75, 3.05) is 12.4 Å². The predicted molar refractivity (Wildman–Crippen MR) is 75.0 cm³/mol. The number of carbonyl (C=O) groups is 1. The molecular formula is C15H21NO2. The van der Waals surface area contributed by atoms with Crippen molar-refractivity contribution in [1.82, 2.24) is 0 Å². The SMILES string of the molecule is COc1ccc(C)cc1N/C=C/C(=O)C(C)(C)C. The summed E-state index contributed by atoms with van der Waals surface area (Å²) in [5.74, 6) is 0.843. The molecule has 0 radical (unpaired) electrons. The van der Waals surface area contributed by atoms with Crippen LogP contribution in [0.2, 0.25) is 0 Å². The minimum Gasteiger partial charge on any atom is -0.495 e. The highest BCUT2D eigenvalue weighted by Crippen LogP contribution is 2.25. The minimum absolute atomic E-state index is 0.0848. The van der Waals surface area contributed by atoms with Crippen molar-refractivity contribution in [1.29, 1.82) is 0 Å². The number of hydrogen-bond acceptors (Lipinski definition) is 3. The summed E-state index contributed by atoms with van der Waals surface area (Å²) in [4.78, 5) is 11.7. The smallest absolute Gasteiger partial charge is 0.162 e. The van der Waals surface area contributed by atoms with Gasteiger partial charge in [0, 0.05) is 11.6 Å². The molecule has 98 valence electrons. The first-order valence-corrected chi connectivity index (χ1v) is 5.97. The molecule has 0 aromatic heterocycles. The van der Waals surface area contributed by atoms with Gasteiger partial charge in [-0.3, -0.25) is 4.79 Å². The molecule has 0 heterocycles. The number of nitrogens with one attached hydrogen (secondary N) is 1. The van der Waals surface area contributed by atoms with Crippen molar-refractivity contribution in [2.24, 2.45) is 5.41 Å². The third kappa shape index (κ3) is 3.91. The molecule has 3 nitrogen and oxygen atoms in total. The molecule has 0 spiro atoms. The molecule has 0 saturated heterocycles. The molecule has 18 heavy (non-hydrogen) atoms. The molecule has 0 aliphatic carbocycles. The van der Waals surface area contributed by atoms with Gasteiger partial charge in [-0.15, -0.1) is 0 Å². The minimum atomic E-state index is -0.352. The molecule has 0 aliphatic heterocycles. The van der Waals surface area contributed by atoms with Gasteiger partial charge in [-0.1, -0.05) is 26.8 Å². The van der Waals surface area contributed by atoms with Gasteiger partial charge >= 0.3 is 0 Å². The lowest BCUT2D eigenvalue weighted by Gasteiger charge is -2.13. The zero-order valence-electron chi connectivity index (χ0n) is 11.7. The summed E-state index contributed by atoms with van der Waals surface area (Å²) in [6.07, 6.45) is 3.21. The fourth-order valence-corrected chi connectivity index (χ4v) is 1.39. The number of benzene rings is 1. The van der Waals surface area contributed by atoms with Gasteiger partial charge in [0.15, 0.2) is 5.78 Å². The van der Waals surface area contributed by atoms with Crippen LogP contribution < -0.4 is 10.1 Å². The van der Waals surface area contributed by atoms with E-state index in [1.807, 2.05) is 45.9 Å². The van der Waals surface area contributed by atoms with Gasteiger partial charge in [-0.25, -0.2) is 0 Å². The molecule has 0 unspecified atom stereocenters. The highest BCUT2D eigenvalue weighted by molar-refractivity contribution is 5.94. The summed E-state index contributed by atoms with van der Waals surface area (Å²) in [5.41, 5.74) is 1.64. The maximum Gasteiger partial charge on any atom is 0.162 e. The second-order valence-corrected chi connectivity index (χ2v) is 5.30. The number of ether oxygens (including phenoxy) is 1. The van der Waals surface area contributed by atoms with Crippen LogP contribution in [0.5, 0.6) is 5.75 Å². The highest BCUT2D eigenvalue weighted by Gasteiger charge is 2.17. The maximum atomic E-state index is 11.7. The quantitative estimate of drug-likeness (QED) is 0.827. The highest BCUT2D eigenvalue weighted by atomic mass is 16.5. The lowest BCUT2D eigenvalue weighted by atomic mass is 9.91. The number of anilines is 1. The van der Waals surface area contributed by atoms with Crippen LogP contribution >= 0.6 is 0 Å². The average molecular weight is 247 g/mol. The molecule has 0 atom stereocenters. The van der Waals surface area contributed by atoms with E-state index in [1.54, 1.807) is 19.4 Å². The van der Waals surface area contributed by atoms with Crippen molar-refractivity contribution in [2.45, 2.75) is 27.7 Å².